The molecule has 0 spiro atoms. The molecule has 140 valence electrons. The van der Waals surface area contributed by atoms with E-state index in [1.165, 1.54) is 23.9 Å². The Kier molecular flexibility index (Phi) is 8.68. The topological polar surface area (TPSA) is 64.6 Å². The number of ether oxygens (including phenoxy) is 2. The summed E-state index contributed by atoms with van der Waals surface area (Å²) in [6.07, 6.45) is 1.57. The van der Waals surface area contributed by atoms with Gasteiger partial charge in [0.1, 0.15) is 11.6 Å². The van der Waals surface area contributed by atoms with E-state index in [1.807, 2.05) is 6.26 Å². The Morgan fingerprint density at radius 3 is 2.32 bits per heavy atom. The molecule has 5 nitrogen and oxygen atoms in total. The van der Waals surface area contributed by atoms with Crippen molar-refractivity contribution in [3.05, 3.63) is 27.2 Å². The molecule has 1 N–H and O–H groups in total. The molecule has 0 aliphatic heterocycles. The summed E-state index contributed by atoms with van der Waals surface area (Å²) in [7, 11) is 0. The number of amides is 1. The molecule has 0 radical (unpaired) electrons. The predicted octanol–water partition coefficient (Wildman–Crippen LogP) is 5.20. The Hall–Kier alpha value is -0.820. The summed E-state index contributed by atoms with van der Waals surface area (Å²) in [6, 6.07) is 1.85. The largest absolute Gasteiger partial charge is 0.444 e. The van der Waals surface area contributed by atoms with Crippen molar-refractivity contribution in [1.29, 1.82) is 0 Å². The molecule has 0 bridgehead atoms. The van der Waals surface area contributed by atoms with E-state index in [0.29, 0.717) is 12.2 Å². The summed E-state index contributed by atoms with van der Waals surface area (Å²) < 4.78 is 10.5. The van der Waals surface area contributed by atoms with Crippen molar-refractivity contribution in [2.24, 2.45) is 0 Å². The fourth-order valence-corrected chi connectivity index (χ4v) is 2.74. The van der Waals surface area contributed by atoms with Gasteiger partial charge < -0.3 is 14.8 Å². The van der Waals surface area contributed by atoms with Gasteiger partial charge in [-0.25, -0.2) is 9.59 Å². The molecular formula is C16H20Cl3NO4S. The normalized spacial score (nSPS) is 12.4. The highest BCUT2D eigenvalue weighted by Crippen LogP contribution is 2.34. The molecule has 0 aliphatic rings. The standard InChI is InChI=1S/C16H20Cl3NO4S/c1-16(2,3)24-15(22)20-12(5-6-25-4)14(21)23-13-8-10(18)9(17)7-11(13)19/h7-8,12H,5-6H2,1-4H3,(H,20,22)/t12-/m1/s1. The fraction of sp³-hybridized carbons (Fsp3) is 0.500. The summed E-state index contributed by atoms with van der Waals surface area (Å²) in [5.41, 5.74) is -0.676. The molecule has 0 heterocycles. The van der Waals surface area contributed by atoms with Gasteiger partial charge in [-0.15, -0.1) is 0 Å². The minimum Gasteiger partial charge on any atom is -0.444 e. The number of nitrogens with one attached hydrogen (secondary N) is 1. The number of esters is 1. The quantitative estimate of drug-likeness (QED) is 0.383. The molecule has 1 aromatic rings. The molecule has 0 unspecified atom stereocenters. The maximum atomic E-state index is 12.4. The van der Waals surface area contributed by atoms with Crippen LogP contribution in [0.5, 0.6) is 5.75 Å². The summed E-state index contributed by atoms with van der Waals surface area (Å²) in [5.74, 6) is 0.0476. The van der Waals surface area contributed by atoms with Crippen LogP contribution in [0.3, 0.4) is 0 Å². The van der Waals surface area contributed by atoms with Gasteiger partial charge in [0, 0.05) is 6.07 Å². The van der Waals surface area contributed by atoms with E-state index in [1.54, 1.807) is 20.8 Å². The van der Waals surface area contributed by atoms with Gasteiger partial charge in [-0.2, -0.15) is 11.8 Å². The number of alkyl carbamates (subject to hydrolysis) is 1. The number of carbonyl (C=O) groups is 2. The Labute approximate surface area is 166 Å². The zero-order valence-corrected chi connectivity index (χ0v) is 17.4. The number of halogens is 3. The summed E-state index contributed by atoms with van der Waals surface area (Å²) >= 11 is 19.3. The van der Waals surface area contributed by atoms with Gasteiger partial charge in [0.25, 0.3) is 0 Å². The molecule has 0 aliphatic carbocycles. The van der Waals surface area contributed by atoms with E-state index in [2.05, 4.69) is 5.32 Å². The van der Waals surface area contributed by atoms with Crippen molar-refractivity contribution in [3.8, 4) is 5.75 Å². The first kappa shape index (κ1) is 22.2. The van der Waals surface area contributed by atoms with Crippen molar-refractivity contribution < 1.29 is 19.1 Å². The lowest BCUT2D eigenvalue weighted by molar-refractivity contribution is -0.136. The maximum Gasteiger partial charge on any atom is 0.408 e. The summed E-state index contributed by atoms with van der Waals surface area (Å²) in [5, 5.41) is 3.12. The molecule has 0 saturated heterocycles. The monoisotopic (exact) mass is 427 g/mol. The van der Waals surface area contributed by atoms with Crippen LogP contribution in [0.1, 0.15) is 27.2 Å². The summed E-state index contributed by atoms with van der Waals surface area (Å²) in [4.78, 5) is 24.4. The van der Waals surface area contributed by atoms with Crippen molar-refractivity contribution in [3.63, 3.8) is 0 Å². The Bertz CT molecular complexity index is 635. The predicted molar refractivity (Wildman–Crippen MR) is 103 cm³/mol. The highest BCUT2D eigenvalue weighted by atomic mass is 35.5. The molecule has 9 heteroatoms. The highest BCUT2D eigenvalue weighted by Gasteiger charge is 2.26. The van der Waals surface area contributed by atoms with Gasteiger partial charge in [-0.3, -0.25) is 0 Å². The Morgan fingerprint density at radius 2 is 1.76 bits per heavy atom. The van der Waals surface area contributed by atoms with Crippen molar-refractivity contribution in [1.82, 2.24) is 5.32 Å². The van der Waals surface area contributed by atoms with Crippen molar-refractivity contribution in [2.45, 2.75) is 38.8 Å². The lowest BCUT2D eigenvalue weighted by Gasteiger charge is -2.23. The zero-order valence-electron chi connectivity index (χ0n) is 14.3. The second kappa shape index (κ2) is 9.76. The zero-order chi connectivity index (χ0) is 19.2. The average molecular weight is 429 g/mol. The molecule has 1 amide bonds. The van der Waals surface area contributed by atoms with Crippen LogP contribution in [0, 0.1) is 0 Å². The minimum absolute atomic E-state index is 0.0706. The van der Waals surface area contributed by atoms with Gasteiger partial charge in [-0.1, -0.05) is 34.8 Å². The smallest absolute Gasteiger partial charge is 0.408 e. The van der Waals surface area contributed by atoms with Gasteiger partial charge in [0.15, 0.2) is 5.75 Å². The molecule has 0 aromatic heterocycles. The van der Waals surface area contributed by atoms with Crippen LogP contribution in [-0.4, -0.2) is 35.7 Å². The van der Waals surface area contributed by atoms with Crippen molar-refractivity contribution >= 4 is 58.6 Å². The molecule has 1 aromatic carbocycles. The third-order valence-electron chi connectivity index (χ3n) is 2.77. The van der Waals surface area contributed by atoms with Crippen LogP contribution in [0.2, 0.25) is 15.1 Å². The SMILES string of the molecule is CSCC[C@@H](NC(=O)OC(C)(C)C)C(=O)Oc1cc(Cl)c(Cl)cc1Cl. The molecule has 25 heavy (non-hydrogen) atoms. The van der Waals surface area contributed by atoms with Crippen LogP contribution in [0.4, 0.5) is 4.79 Å². The molecular weight excluding hydrogens is 409 g/mol. The first-order chi connectivity index (χ1) is 11.5. The van der Waals surface area contributed by atoms with Crippen LogP contribution in [0.25, 0.3) is 0 Å². The first-order valence-electron chi connectivity index (χ1n) is 7.38. The van der Waals surface area contributed by atoms with E-state index in [-0.39, 0.29) is 20.8 Å². The van der Waals surface area contributed by atoms with Crippen LogP contribution in [-0.2, 0) is 9.53 Å². The third-order valence-corrected chi connectivity index (χ3v) is 4.43. The van der Waals surface area contributed by atoms with Crippen molar-refractivity contribution in [2.75, 3.05) is 12.0 Å². The number of thioether (sulfide) groups is 1. The van der Waals surface area contributed by atoms with E-state index < -0.39 is 23.7 Å². The van der Waals surface area contributed by atoms with Crippen LogP contribution >= 0.6 is 46.6 Å². The van der Waals surface area contributed by atoms with Crippen LogP contribution in [0.15, 0.2) is 12.1 Å². The number of benzene rings is 1. The molecule has 0 saturated carbocycles. The first-order valence-corrected chi connectivity index (χ1v) is 9.91. The fourth-order valence-electron chi connectivity index (χ4n) is 1.70. The molecule has 1 atom stereocenters. The van der Waals surface area contributed by atoms with Gasteiger partial charge in [0.05, 0.1) is 15.1 Å². The maximum absolute atomic E-state index is 12.4. The minimum atomic E-state index is -0.882. The third kappa shape index (κ3) is 7.94. The second-order valence-corrected chi connectivity index (χ2v) is 8.31. The number of hydrogen-bond acceptors (Lipinski definition) is 5. The number of carbonyl (C=O) groups excluding carboxylic acids is 2. The van der Waals surface area contributed by atoms with E-state index in [4.69, 9.17) is 44.3 Å². The van der Waals surface area contributed by atoms with Crippen LogP contribution < -0.4 is 10.1 Å². The Balaban J connectivity index is 2.86. The summed E-state index contributed by atoms with van der Waals surface area (Å²) in [6.45, 7) is 5.20. The van der Waals surface area contributed by atoms with E-state index in [9.17, 15) is 9.59 Å². The van der Waals surface area contributed by atoms with E-state index in [0.717, 1.165) is 0 Å². The lowest BCUT2D eigenvalue weighted by atomic mass is 10.2. The number of hydrogen-bond donors (Lipinski definition) is 1. The lowest BCUT2D eigenvalue weighted by Crippen LogP contribution is -2.45. The van der Waals surface area contributed by atoms with E-state index >= 15 is 0 Å². The molecule has 0 fully saturated rings. The second-order valence-electron chi connectivity index (χ2n) is 6.10. The van der Waals surface area contributed by atoms with Gasteiger partial charge in [-0.05, 0) is 45.3 Å². The number of rotatable bonds is 6. The Morgan fingerprint density at radius 1 is 1.16 bits per heavy atom. The average Bonchev–Trinajstić information content (AvgIpc) is 2.47. The highest BCUT2D eigenvalue weighted by molar-refractivity contribution is 7.98. The molecule has 1 rings (SSSR count). The van der Waals surface area contributed by atoms with Gasteiger partial charge >= 0.3 is 12.1 Å². The van der Waals surface area contributed by atoms with Gasteiger partial charge in [0.2, 0.25) is 0 Å².